The van der Waals surface area contributed by atoms with Gasteiger partial charge in [0.05, 0.1) is 28.2 Å². The van der Waals surface area contributed by atoms with Crippen molar-refractivity contribution in [3.05, 3.63) is 71.3 Å². The molecule has 0 radical (unpaired) electrons. The van der Waals surface area contributed by atoms with Crippen LogP contribution in [0.1, 0.15) is 51.1 Å². The van der Waals surface area contributed by atoms with E-state index in [2.05, 4.69) is 11.5 Å². The fourth-order valence-electron chi connectivity index (χ4n) is 7.76. The van der Waals surface area contributed by atoms with Crippen LogP contribution in [0, 0.1) is 0 Å². The van der Waals surface area contributed by atoms with Gasteiger partial charge in [0, 0.05) is 18.2 Å². The molecule has 2 aromatic rings. The molecule has 7 nitrogen and oxygen atoms in total. The Labute approximate surface area is 197 Å². The van der Waals surface area contributed by atoms with Gasteiger partial charge in [-0.2, -0.15) is 0 Å². The first-order chi connectivity index (χ1) is 16.4. The van der Waals surface area contributed by atoms with E-state index in [4.69, 9.17) is 4.74 Å². The normalized spacial score (nSPS) is 35.1. The van der Waals surface area contributed by atoms with Crippen molar-refractivity contribution in [2.75, 3.05) is 13.1 Å². The summed E-state index contributed by atoms with van der Waals surface area (Å²) in [4.78, 5) is 30.4. The number of fused-ring (bicyclic) bond motifs is 1. The second-order valence-corrected chi connectivity index (χ2v) is 10.3. The Morgan fingerprint density at radius 3 is 2.56 bits per heavy atom. The molecule has 2 bridgehead atoms. The summed E-state index contributed by atoms with van der Waals surface area (Å²) in [5.41, 5.74) is 0.854. The van der Waals surface area contributed by atoms with E-state index in [1.165, 1.54) is 4.90 Å². The zero-order valence-corrected chi connectivity index (χ0v) is 18.7. The average Bonchev–Trinajstić information content (AvgIpc) is 3.31. The number of aromatic hydroxyl groups is 1. The van der Waals surface area contributed by atoms with E-state index < -0.39 is 23.2 Å². The molecule has 1 saturated heterocycles. The molecule has 7 heteroatoms. The number of carbonyl (C=O) groups excluding carboxylic acids is 2. The van der Waals surface area contributed by atoms with Crippen LogP contribution in [-0.2, 0) is 11.8 Å². The maximum Gasteiger partial charge on any atom is 0.261 e. The molecule has 2 aromatic carbocycles. The van der Waals surface area contributed by atoms with Crippen LogP contribution < -0.4 is 4.74 Å². The number of likely N-dealkylation sites (tertiary alicyclic amines) is 1. The van der Waals surface area contributed by atoms with Gasteiger partial charge in [-0.15, -0.1) is 6.58 Å². The van der Waals surface area contributed by atoms with Crippen LogP contribution in [0.25, 0.3) is 0 Å². The second kappa shape index (κ2) is 6.49. The summed E-state index contributed by atoms with van der Waals surface area (Å²) in [5, 5.41) is 23.2. The highest BCUT2D eigenvalue weighted by molar-refractivity contribution is 6.21. The van der Waals surface area contributed by atoms with E-state index in [0.717, 1.165) is 17.7 Å². The monoisotopic (exact) mass is 458 g/mol. The summed E-state index contributed by atoms with van der Waals surface area (Å²) in [6, 6.07) is 9.82. The molecule has 1 spiro atoms. The van der Waals surface area contributed by atoms with Gasteiger partial charge >= 0.3 is 0 Å². The lowest BCUT2D eigenvalue weighted by Gasteiger charge is -2.64. The molecule has 2 fully saturated rings. The number of piperidine rings is 1. The summed E-state index contributed by atoms with van der Waals surface area (Å²) >= 11 is 0. The number of amides is 2. The molecule has 5 aliphatic rings. The van der Waals surface area contributed by atoms with Crippen molar-refractivity contribution in [2.45, 2.75) is 54.9 Å². The molecule has 34 heavy (non-hydrogen) atoms. The predicted octanol–water partition coefficient (Wildman–Crippen LogP) is 2.40. The van der Waals surface area contributed by atoms with Gasteiger partial charge in [0.15, 0.2) is 11.5 Å². The second-order valence-electron chi connectivity index (χ2n) is 10.3. The van der Waals surface area contributed by atoms with Crippen molar-refractivity contribution in [3.8, 4) is 11.5 Å². The molecule has 2 N–H and O–H groups in total. The third-order valence-electron chi connectivity index (χ3n) is 9.06. The first-order valence-corrected chi connectivity index (χ1v) is 12.0. The average molecular weight is 459 g/mol. The minimum atomic E-state index is -1.10. The van der Waals surface area contributed by atoms with Crippen molar-refractivity contribution < 1.29 is 24.5 Å². The third kappa shape index (κ3) is 2.11. The lowest BCUT2D eigenvalue weighted by molar-refractivity contribution is -0.194. The minimum Gasteiger partial charge on any atom is -0.504 e. The number of phenols is 1. The lowest BCUT2D eigenvalue weighted by atomic mass is 9.48. The summed E-state index contributed by atoms with van der Waals surface area (Å²) in [6.45, 7) is 5.32. The number of ether oxygens (including phenoxy) is 1. The van der Waals surface area contributed by atoms with Crippen LogP contribution in [0.15, 0.2) is 49.1 Å². The number of benzene rings is 2. The topological polar surface area (TPSA) is 90.3 Å². The zero-order valence-electron chi connectivity index (χ0n) is 18.7. The Bertz CT molecular complexity index is 1250. The van der Waals surface area contributed by atoms with E-state index in [1.54, 1.807) is 30.3 Å². The molecule has 1 saturated carbocycles. The molecule has 2 amide bonds. The Morgan fingerprint density at radius 1 is 1.12 bits per heavy atom. The summed E-state index contributed by atoms with van der Waals surface area (Å²) in [5.74, 6) is -0.182. The van der Waals surface area contributed by atoms with Crippen molar-refractivity contribution in [1.29, 1.82) is 0 Å². The van der Waals surface area contributed by atoms with Gasteiger partial charge in [-0.3, -0.25) is 19.4 Å². The van der Waals surface area contributed by atoms with Gasteiger partial charge in [-0.05, 0) is 56.0 Å². The molecular formula is C27H26N2O5. The first kappa shape index (κ1) is 20.2. The fraction of sp³-hybridized carbons (Fsp3) is 0.407. The zero-order chi connectivity index (χ0) is 23.4. The number of hydrogen-bond acceptors (Lipinski definition) is 6. The van der Waals surface area contributed by atoms with Gasteiger partial charge in [0.1, 0.15) is 6.10 Å². The van der Waals surface area contributed by atoms with Crippen molar-refractivity contribution in [1.82, 2.24) is 9.80 Å². The van der Waals surface area contributed by atoms with E-state index >= 15 is 0 Å². The molecule has 0 aromatic heterocycles. The Kier molecular flexibility index (Phi) is 3.86. The van der Waals surface area contributed by atoms with Crippen LogP contribution in [0.2, 0.25) is 0 Å². The number of rotatable bonds is 3. The van der Waals surface area contributed by atoms with Gasteiger partial charge < -0.3 is 14.9 Å². The van der Waals surface area contributed by atoms with Crippen LogP contribution in [0.4, 0.5) is 0 Å². The van der Waals surface area contributed by atoms with Crippen LogP contribution in [0.5, 0.6) is 11.5 Å². The standard InChI is InChI=1S/C27H26N2O5/c1-2-12-28-13-11-26-21-15-7-8-19(30)22(21)34-23(26)18(9-10-27(26,33)20(28)14-15)29-24(31)16-5-3-4-6-17(16)25(29)32/h2-8,18,20,23,30,33H,1,9-14H2/t18-,20-,23+,26+,27-/m1/s1. The smallest absolute Gasteiger partial charge is 0.261 e. The van der Waals surface area contributed by atoms with Gasteiger partial charge in [0.2, 0.25) is 0 Å². The minimum absolute atomic E-state index is 0.0398. The maximum atomic E-state index is 13.4. The highest BCUT2D eigenvalue weighted by atomic mass is 16.5. The summed E-state index contributed by atoms with van der Waals surface area (Å²) in [6.07, 6.45) is 3.40. The number of carbonyl (C=O) groups is 2. The van der Waals surface area contributed by atoms with Gasteiger partial charge in [-0.25, -0.2) is 0 Å². The maximum absolute atomic E-state index is 13.4. The van der Waals surface area contributed by atoms with Gasteiger partial charge in [-0.1, -0.05) is 24.3 Å². The largest absolute Gasteiger partial charge is 0.504 e. The number of hydrogen-bond donors (Lipinski definition) is 2. The fourth-order valence-corrected chi connectivity index (χ4v) is 7.76. The van der Waals surface area contributed by atoms with Gasteiger partial charge in [0.25, 0.3) is 11.8 Å². The molecule has 174 valence electrons. The number of aliphatic hydroxyl groups is 1. The van der Waals surface area contributed by atoms with E-state index in [0.29, 0.717) is 49.1 Å². The Morgan fingerprint density at radius 2 is 1.85 bits per heavy atom. The van der Waals surface area contributed by atoms with Crippen LogP contribution in [0.3, 0.4) is 0 Å². The third-order valence-corrected chi connectivity index (χ3v) is 9.06. The molecule has 5 atom stereocenters. The van der Waals surface area contributed by atoms with Crippen molar-refractivity contribution >= 4 is 11.8 Å². The number of imide groups is 1. The molecule has 3 heterocycles. The first-order valence-electron chi connectivity index (χ1n) is 12.0. The van der Waals surface area contributed by atoms with Crippen molar-refractivity contribution in [3.63, 3.8) is 0 Å². The molecule has 3 aliphatic heterocycles. The Balaban J connectivity index is 1.40. The number of nitrogens with zero attached hydrogens (tertiary/aromatic N) is 2. The van der Waals surface area contributed by atoms with E-state index in [9.17, 15) is 19.8 Å². The predicted molar refractivity (Wildman–Crippen MR) is 123 cm³/mol. The van der Waals surface area contributed by atoms with Crippen LogP contribution >= 0.6 is 0 Å². The van der Waals surface area contributed by atoms with Crippen molar-refractivity contribution in [2.24, 2.45) is 0 Å². The highest BCUT2D eigenvalue weighted by Crippen LogP contribution is 2.66. The molecule has 0 unspecified atom stereocenters. The van der Waals surface area contributed by atoms with E-state index in [-0.39, 0.29) is 23.6 Å². The highest BCUT2D eigenvalue weighted by Gasteiger charge is 2.74. The molecule has 2 aliphatic carbocycles. The molecule has 7 rings (SSSR count). The van der Waals surface area contributed by atoms with Crippen LogP contribution in [-0.4, -0.2) is 68.7 Å². The Hall–Kier alpha value is -3.16. The summed E-state index contributed by atoms with van der Waals surface area (Å²) in [7, 11) is 0. The molecular weight excluding hydrogens is 432 g/mol. The van der Waals surface area contributed by atoms with E-state index in [1.807, 2.05) is 12.1 Å². The SMILES string of the molecule is C=CCN1CC[C@]23c4c5ccc(O)c4O[C@H]2[C@H](N2C(=O)c4ccccc4C2=O)CC[C@@]3(O)[C@H]1C5. The quantitative estimate of drug-likeness (QED) is 0.542. The number of phenolic OH excluding ortho intramolecular Hbond substituents is 1. The lowest BCUT2D eigenvalue weighted by Crippen LogP contribution is -2.78. The summed E-state index contributed by atoms with van der Waals surface area (Å²) < 4.78 is 6.50.